The lowest BCUT2D eigenvalue weighted by atomic mass is 10.6. The molecule has 0 unspecified atom stereocenters. The molecule has 0 bridgehead atoms. The van der Waals surface area contributed by atoms with Gasteiger partial charge in [0.15, 0.2) is 0 Å². The first-order valence-corrected chi connectivity index (χ1v) is 3.68. The molecule has 0 N–H and O–H groups in total. The van der Waals surface area contributed by atoms with Crippen molar-refractivity contribution in [2.24, 2.45) is 4.99 Å². The molecule has 0 radical (unpaired) electrons. The van der Waals surface area contributed by atoms with Gasteiger partial charge in [-0.25, -0.2) is 4.79 Å². The van der Waals surface area contributed by atoms with Gasteiger partial charge in [0.1, 0.15) is 0 Å². The molecule has 8 heavy (non-hydrogen) atoms. The van der Waals surface area contributed by atoms with Crippen molar-refractivity contribution in [3.8, 4) is 0 Å². The van der Waals surface area contributed by atoms with E-state index in [1.165, 1.54) is 6.08 Å². The van der Waals surface area contributed by atoms with Crippen molar-refractivity contribution < 1.29 is 4.79 Å². The highest BCUT2D eigenvalue weighted by atomic mass is 32.2. The SMILES string of the molecule is CCCSCN=C=O. The van der Waals surface area contributed by atoms with E-state index >= 15 is 0 Å². The lowest BCUT2D eigenvalue weighted by Gasteiger charge is -1.87. The number of hydrogen-bond donors (Lipinski definition) is 0. The van der Waals surface area contributed by atoms with Crippen LogP contribution in [0.5, 0.6) is 0 Å². The molecule has 46 valence electrons. The van der Waals surface area contributed by atoms with Crippen LogP contribution in [-0.2, 0) is 4.79 Å². The maximum Gasteiger partial charge on any atom is 0.235 e. The van der Waals surface area contributed by atoms with Crippen molar-refractivity contribution in [1.82, 2.24) is 0 Å². The summed E-state index contributed by atoms with van der Waals surface area (Å²) in [6, 6.07) is 0. The number of rotatable bonds is 4. The quantitative estimate of drug-likeness (QED) is 0.328. The molecule has 0 aliphatic carbocycles. The zero-order chi connectivity index (χ0) is 6.24. The number of carbonyl (C=O) groups excluding carboxylic acids is 1. The summed E-state index contributed by atoms with van der Waals surface area (Å²) in [5, 5.41) is 0. The Morgan fingerprint density at radius 1 is 1.75 bits per heavy atom. The van der Waals surface area contributed by atoms with Crippen LogP contribution in [0.4, 0.5) is 0 Å². The van der Waals surface area contributed by atoms with Crippen molar-refractivity contribution in [1.29, 1.82) is 0 Å². The highest BCUT2D eigenvalue weighted by molar-refractivity contribution is 7.99. The molecule has 0 aromatic heterocycles. The van der Waals surface area contributed by atoms with Gasteiger partial charge in [0.2, 0.25) is 6.08 Å². The van der Waals surface area contributed by atoms with Crippen molar-refractivity contribution in [2.45, 2.75) is 13.3 Å². The number of nitrogens with zero attached hydrogens (tertiary/aromatic N) is 1. The highest BCUT2D eigenvalue weighted by Crippen LogP contribution is 1.99. The third-order valence-electron chi connectivity index (χ3n) is 0.569. The van der Waals surface area contributed by atoms with E-state index in [0.717, 1.165) is 12.2 Å². The van der Waals surface area contributed by atoms with Crippen LogP contribution in [-0.4, -0.2) is 17.7 Å². The number of isocyanates is 1. The van der Waals surface area contributed by atoms with Crippen LogP contribution in [0.3, 0.4) is 0 Å². The van der Waals surface area contributed by atoms with E-state index in [2.05, 4.69) is 11.9 Å². The second-order valence-corrected chi connectivity index (χ2v) is 2.36. The molecule has 0 aliphatic heterocycles. The summed E-state index contributed by atoms with van der Waals surface area (Å²) in [4.78, 5) is 12.8. The van der Waals surface area contributed by atoms with Crippen LogP contribution >= 0.6 is 11.8 Å². The summed E-state index contributed by atoms with van der Waals surface area (Å²) < 4.78 is 0. The second-order valence-electron chi connectivity index (χ2n) is 1.29. The molecular weight excluding hydrogens is 122 g/mol. The molecule has 0 aliphatic rings. The predicted molar refractivity (Wildman–Crippen MR) is 35.7 cm³/mol. The summed E-state index contributed by atoms with van der Waals surface area (Å²) in [6.45, 7) is 2.09. The zero-order valence-corrected chi connectivity index (χ0v) is 5.70. The standard InChI is InChI=1S/C5H9NOS/c1-2-3-8-5-6-4-7/h2-3,5H2,1H3. The normalized spacial score (nSPS) is 8.12. The van der Waals surface area contributed by atoms with Crippen molar-refractivity contribution in [2.75, 3.05) is 11.6 Å². The second kappa shape index (κ2) is 6.73. The summed E-state index contributed by atoms with van der Waals surface area (Å²) >= 11 is 1.65. The Labute approximate surface area is 53.4 Å². The van der Waals surface area contributed by atoms with E-state index in [9.17, 15) is 4.79 Å². The van der Waals surface area contributed by atoms with Crippen LogP contribution in [0.1, 0.15) is 13.3 Å². The largest absolute Gasteiger partial charge is 0.235 e. The molecule has 0 aromatic rings. The molecule has 0 atom stereocenters. The Balaban J connectivity index is 2.82. The van der Waals surface area contributed by atoms with E-state index in [1.54, 1.807) is 11.8 Å². The summed E-state index contributed by atoms with van der Waals surface area (Å²) in [5.41, 5.74) is 0. The molecule has 0 heterocycles. The lowest BCUT2D eigenvalue weighted by molar-refractivity contribution is 0.564. The number of hydrogen-bond acceptors (Lipinski definition) is 3. The molecule has 0 saturated carbocycles. The molecule has 3 heteroatoms. The molecule has 0 aromatic carbocycles. The number of aliphatic imine (C=N–C) groups is 1. The van der Waals surface area contributed by atoms with Crippen molar-refractivity contribution in [3.05, 3.63) is 0 Å². The fraction of sp³-hybridized carbons (Fsp3) is 0.800. The van der Waals surface area contributed by atoms with Gasteiger partial charge < -0.3 is 0 Å². The van der Waals surface area contributed by atoms with Crippen LogP contribution in [0, 0.1) is 0 Å². The molecule has 0 amide bonds. The molecular formula is C5H9NOS. The van der Waals surface area contributed by atoms with Gasteiger partial charge in [0.05, 0.1) is 5.88 Å². The Bertz CT molecular complexity index is 88.4. The first-order valence-electron chi connectivity index (χ1n) is 2.53. The monoisotopic (exact) mass is 131 g/mol. The molecule has 0 saturated heterocycles. The van der Waals surface area contributed by atoms with Crippen LogP contribution in [0.15, 0.2) is 4.99 Å². The van der Waals surface area contributed by atoms with Gasteiger partial charge in [0, 0.05) is 0 Å². The van der Waals surface area contributed by atoms with Crippen LogP contribution in [0.2, 0.25) is 0 Å². The topological polar surface area (TPSA) is 29.4 Å². The summed E-state index contributed by atoms with van der Waals surface area (Å²) in [7, 11) is 0. The molecule has 0 spiro atoms. The van der Waals surface area contributed by atoms with E-state index in [-0.39, 0.29) is 0 Å². The molecule has 2 nitrogen and oxygen atoms in total. The van der Waals surface area contributed by atoms with Gasteiger partial charge in [-0.3, -0.25) is 0 Å². The minimum Gasteiger partial charge on any atom is -0.211 e. The predicted octanol–water partition coefficient (Wildman–Crippen LogP) is 1.42. The zero-order valence-electron chi connectivity index (χ0n) is 4.89. The average molecular weight is 131 g/mol. The molecule has 0 fully saturated rings. The van der Waals surface area contributed by atoms with Gasteiger partial charge in [-0.1, -0.05) is 6.92 Å². The van der Waals surface area contributed by atoms with E-state index in [1.807, 2.05) is 0 Å². The summed E-state index contributed by atoms with van der Waals surface area (Å²) in [5.74, 6) is 1.64. The third-order valence-corrected chi connectivity index (χ3v) is 1.58. The fourth-order valence-electron chi connectivity index (χ4n) is 0.281. The van der Waals surface area contributed by atoms with Crippen LogP contribution in [0.25, 0.3) is 0 Å². The van der Waals surface area contributed by atoms with E-state index in [0.29, 0.717) is 5.88 Å². The van der Waals surface area contributed by atoms with Crippen LogP contribution < -0.4 is 0 Å². The van der Waals surface area contributed by atoms with Crippen molar-refractivity contribution in [3.63, 3.8) is 0 Å². The highest BCUT2D eigenvalue weighted by Gasteiger charge is 1.79. The average Bonchev–Trinajstić information content (AvgIpc) is 1.81. The first kappa shape index (κ1) is 7.73. The third kappa shape index (κ3) is 5.73. The van der Waals surface area contributed by atoms with Gasteiger partial charge in [0.25, 0.3) is 0 Å². The minimum absolute atomic E-state index is 0.567. The Morgan fingerprint density at radius 3 is 3.00 bits per heavy atom. The van der Waals surface area contributed by atoms with E-state index in [4.69, 9.17) is 0 Å². The van der Waals surface area contributed by atoms with Gasteiger partial charge in [-0.2, -0.15) is 4.99 Å². The maximum absolute atomic E-state index is 9.46. The Morgan fingerprint density at radius 2 is 2.50 bits per heavy atom. The van der Waals surface area contributed by atoms with E-state index < -0.39 is 0 Å². The molecule has 0 rings (SSSR count). The smallest absolute Gasteiger partial charge is 0.211 e. The minimum atomic E-state index is 0.567. The van der Waals surface area contributed by atoms with Gasteiger partial charge in [-0.15, -0.1) is 11.8 Å². The van der Waals surface area contributed by atoms with Gasteiger partial charge in [-0.05, 0) is 12.2 Å². The summed E-state index contributed by atoms with van der Waals surface area (Å²) in [6.07, 6.45) is 2.62. The van der Waals surface area contributed by atoms with Gasteiger partial charge >= 0.3 is 0 Å². The number of thioether (sulfide) groups is 1. The Kier molecular flexibility index (Phi) is 6.50. The van der Waals surface area contributed by atoms with Crippen molar-refractivity contribution >= 4 is 17.8 Å². The maximum atomic E-state index is 9.46. The lowest BCUT2D eigenvalue weighted by Crippen LogP contribution is -1.74. The first-order chi connectivity index (χ1) is 3.91. The fourth-order valence-corrected chi connectivity index (χ4v) is 0.843. The Hall–Kier alpha value is -0.270.